The van der Waals surface area contributed by atoms with Crippen LogP contribution in [0.15, 0.2) is 42.5 Å². The number of piperidine rings is 1. The molecule has 1 aliphatic rings. The molecule has 1 heterocycles. The summed E-state index contributed by atoms with van der Waals surface area (Å²) in [7, 11) is 1.97. The topological polar surface area (TPSA) is 41.6 Å². The molecule has 1 amide bonds. The number of hydrogen-bond donors (Lipinski definition) is 1. The molecule has 0 spiro atoms. The summed E-state index contributed by atoms with van der Waals surface area (Å²) in [6, 6.07) is 12.3. The monoisotopic (exact) mass is 428 g/mol. The third-order valence-electron chi connectivity index (χ3n) is 4.63. The fraction of sp³-hybridized carbons (Fsp3) is 0.350. The maximum Gasteiger partial charge on any atom is 0.257 e. The molecule has 1 aliphatic heterocycles. The first-order valence-electron chi connectivity index (χ1n) is 8.74. The molecule has 146 valence electrons. The van der Waals surface area contributed by atoms with Gasteiger partial charge in [0.15, 0.2) is 0 Å². The van der Waals surface area contributed by atoms with E-state index in [1.807, 2.05) is 24.1 Å². The number of nitrogens with zero attached hydrogens (tertiary/aromatic N) is 1. The Labute approximate surface area is 176 Å². The molecule has 27 heavy (non-hydrogen) atoms. The number of hydrogen-bond acceptors (Lipinski definition) is 3. The average molecular weight is 430 g/mol. The van der Waals surface area contributed by atoms with E-state index in [0.717, 1.165) is 32.5 Å². The highest BCUT2D eigenvalue weighted by Crippen LogP contribution is 2.33. The van der Waals surface area contributed by atoms with Crippen LogP contribution in [0.25, 0.3) is 0 Å². The van der Waals surface area contributed by atoms with Gasteiger partial charge in [0.25, 0.3) is 5.91 Å². The molecule has 0 saturated carbocycles. The van der Waals surface area contributed by atoms with Gasteiger partial charge in [0.2, 0.25) is 0 Å². The van der Waals surface area contributed by atoms with Crippen LogP contribution < -0.4 is 10.1 Å². The van der Waals surface area contributed by atoms with Gasteiger partial charge in [-0.1, -0.05) is 35.3 Å². The molecular weight excluding hydrogens is 407 g/mol. The van der Waals surface area contributed by atoms with Gasteiger partial charge in [-0.25, -0.2) is 0 Å². The van der Waals surface area contributed by atoms with Crippen molar-refractivity contribution in [2.45, 2.75) is 12.8 Å². The van der Waals surface area contributed by atoms with Crippen LogP contribution in [0, 0.1) is 5.92 Å². The molecule has 1 saturated heterocycles. The number of benzene rings is 2. The summed E-state index contributed by atoms with van der Waals surface area (Å²) in [5, 5.41) is 4.16. The largest absolute Gasteiger partial charge is 0.455 e. The van der Waals surface area contributed by atoms with E-state index in [-0.39, 0.29) is 18.3 Å². The van der Waals surface area contributed by atoms with Crippen LogP contribution in [0.2, 0.25) is 10.0 Å². The molecule has 0 aromatic heterocycles. The summed E-state index contributed by atoms with van der Waals surface area (Å²) < 4.78 is 5.92. The zero-order chi connectivity index (χ0) is 18.5. The zero-order valence-corrected chi connectivity index (χ0v) is 17.4. The maximum atomic E-state index is 13.0. The van der Waals surface area contributed by atoms with Crippen molar-refractivity contribution < 1.29 is 9.53 Å². The third-order valence-corrected chi connectivity index (χ3v) is 5.16. The number of ether oxygens (including phenoxy) is 1. The second-order valence-corrected chi connectivity index (χ2v) is 7.31. The Morgan fingerprint density at radius 2 is 1.85 bits per heavy atom. The van der Waals surface area contributed by atoms with Crippen LogP contribution >= 0.6 is 35.6 Å². The second-order valence-electron chi connectivity index (χ2n) is 6.47. The highest BCUT2D eigenvalue weighted by molar-refractivity contribution is 6.35. The van der Waals surface area contributed by atoms with Crippen molar-refractivity contribution in [1.82, 2.24) is 10.2 Å². The number of halogens is 3. The number of rotatable bonds is 5. The van der Waals surface area contributed by atoms with E-state index < -0.39 is 0 Å². The van der Waals surface area contributed by atoms with E-state index >= 15 is 0 Å². The first-order valence-corrected chi connectivity index (χ1v) is 9.50. The summed E-state index contributed by atoms with van der Waals surface area (Å²) in [6.07, 6.45) is 2.03. The lowest BCUT2D eigenvalue weighted by molar-refractivity contribution is 0.0688. The van der Waals surface area contributed by atoms with E-state index in [2.05, 4.69) is 5.32 Å². The maximum absolute atomic E-state index is 13.0. The molecular formula is C20H23Cl3N2O2. The SMILES string of the molecule is CNCC1CCN(C(=O)c2ccccc2Oc2ccc(Cl)cc2Cl)CC1.Cl. The van der Waals surface area contributed by atoms with Gasteiger partial charge in [-0.05, 0) is 62.7 Å². The van der Waals surface area contributed by atoms with Crippen LogP contribution in [-0.2, 0) is 0 Å². The molecule has 4 nitrogen and oxygen atoms in total. The number of nitrogens with one attached hydrogen (secondary N) is 1. The summed E-state index contributed by atoms with van der Waals surface area (Å²) in [4.78, 5) is 14.9. The Kier molecular flexibility index (Phi) is 8.24. The van der Waals surface area contributed by atoms with Crippen molar-refractivity contribution in [1.29, 1.82) is 0 Å². The van der Waals surface area contributed by atoms with E-state index in [9.17, 15) is 4.79 Å². The molecule has 7 heteroatoms. The lowest BCUT2D eigenvalue weighted by atomic mass is 9.96. The van der Waals surface area contributed by atoms with Gasteiger partial charge in [-0.15, -0.1) is 12.4 Å². The van der Waals surface area contributed by atoms with Crippen LogP contribution in [0.5, 0.6) is 11.5 Å². The normalized spacial score (nSPS) is 14.6. The third kappa shape index (κ3) is 5.52. The van der Waals surface area contributed by atoms with Crippen LogP contribution in [0.4, 0.5) is 0 Å². The van der Waals surface area contributed by atoms with E-state index in [4.69, 9.17) is 27.9 Å². The summed E-state index contributed by atoms with van der Waals surface area (Å²) in [5.74, 6) is 1.60. The van der Waals surface area contributed by atoms with Gasteiger partial charge in [-0.2, -0.15) is 0 Å². The average Bonchev–Trinajstić information content (AvgIpc) is 2.65. The van der Waals surface area contributed by atoms with Crippen molar-refractivity contribution in [3.63, 3.8) is 0 Å². The predicted octanol–water partition coefficient (Wildman–Crippen LogP) is 5.28. The fourth-order valence-corrected chi connectivity index (χ4v) is 3.66. The van der Waals surface area contributed by atoms with Crippen LogP contribution in [0.3, 0.4) is 0 Å². The predicted molar refractivity (Wildman–Crippen MR) is 113 cm³/mol. The summed E-state index contributed by atoms with van der Waals surface area (Å²) in [5.41, 5.74) is 0.547. The van der Waals surface area contributed by atoms with Crippen molar-refractivity contribution in [3.05, 3.63) is 58.1 Å². The van der Waals surface area contributed by atoms with Gasteiger partial charge in [0, 0.05) is 18.1 Å². The first-order chi connectivity index (χ1) is 12.6. The molecule has 0 bridgehead atoms. The Balaban J connectivity index is 0.00000261. The van der Waals surface area contributed by atoms with Crippen LogP contribution in [0.1, 0.15) is 23.2 Å². The first kappa shape index (κ1) is 21.8. The molecule has 0 radical (unpaired) electrons. The zero-order valence-electron chi connectivity index (χ0n) is 15.1. The Bertz CT molecular complexity index is 778. The minimum Gasteiger partial charge on any atom is -0.455 e. The fourth-order valence-electron chi connectivity index (χ4n) is 3.21. The van der Waals surface area contributed by atoms with Gasteiger partial charge in [0.1, 0.15) is 11.5 Å². The number of carbonyl (C=O) groups excluding carboxylic acids is 1. The molecule has 1 N–H and O–H groups in total. The highest BCUT2D eigenvalue weighted by atomic mass is 35.5. The molecule has 0 unspecified atom stereocenters. The lowest BCUT2D eigenvalue weighted by Crippen LogP contribution is -2.40. The Morgan fingerprint density at radius 3 is 2.52 bits per heavy atom. The second kappa shape index (κ2) is 10.2. The molecule has 3 rings (SSSR count). The van der Waals surface area contributed by atoms with Crippen molar-refractivity contribution in [2.24, 2.45) is 5.92 Å². The summed E-state index contributed by atoms with van der Waals surface area (Å²) in [6.45, 7) is 2.53. The number of carbonyl (C=O) groups is 1. The quantitative estimate of drug-likeness (QED) is 0.703. The standard InChI is InChI=1S/C20H22Cl2N2O2.ClH/c1-23-13-14-8-10-24(11-9-14)20(25)16-4-2-3-5-18(16)26-19-7-6-15(21)12-17(19)22;/h2-7,12,14,23H,8-11,13H2,1H3;1H. The van der Waals surface area contributed by atoms with Crippen molar-refractivity contribution >= 4 is 41.5 Å². The molecule has 0 aliphatic carbocycles. The molecule has 2 aromatic carbocycles. The lowest BCUT2D eigenvalue weighted by Gasteiger charge is -2.32. The van der Waals surface area contributed by atoms with Crippen molar-refractivity contribution in [3.8, 4) is 11.5 Å². The minimum absolute atomic E-state index is 0. The Morgan fingerprint density at radius 1 is 1.15 bits per heavy atom. The summed E-state index contributed by atoms with van der Waals surface area (Å²) >= 11 is 12.1. The number of amides is 1. The Hall–Kier alpha value is -1.46. The van der Waals surface area contributed by atoms with Gasteiger partial charge >= 0.3 is 0 Å². The molecule has 1 fully saturated rings. The minimum atomic E-state index is -0.00593. The number of para-hydroxylation sites is 1. The number of likely N-dealkylation sites (tertiary alicyclic amines) is 1. The van der Waals surface area contributed by atoms with E-state index in [1.54, 1.807) is 30.3 Å². The molecule has 2 aromatic rings. The van der Waals surface area contributed by atoms with E-state index in [0.29, 0.717) is 33.0 Å². The van der Waals surface area contributed by atoms with Crippen molar-refractivity contribution in [2.75, 3.05) is 26.7 Å². The highest BCUT2D eigenvalue weighted by Gasteiger charge is 2.25. The van der Waals surface area contributed by atoms with E-state index in [1.165, 1.54) is 0 Å². The molecule has 0 atom stereocenters. The van der Waals surface area contributed by atoms with Gasteiger partial charge < -0.3 is 15.0 Å². The van der Waals surface area contributed by atoms with Crippen LogP contribution in [-0.4, -0.2) is 37.5 Å². The van der Waals surface area contributed by atoms with Gasteiger partial charge in [-0.3, -0.25) is 4.79 Å². The van der Waals surface area contributed by atoms with Gasteiger partial charge in [0.05, 0.1) is 10.6 Å². The smallest absolute Gasteiger partial charge is 0.257 e.